The molecule has 0 spiro atoms. The Balaban J connectivity index is 2.23. The van der Waals surface area contributed by atoms with E-state index in [1.807, 2.05) is 19.2 Å². The van der Waals surface area contributed by atoms with Crippen molar-refractivity contribution in [2.75, 3.05) is 7.11 Å². The third kappa shape index (κ3) is 1.97. The first-order valence-corrected chi connectivity index (χ1v) is 5.46. The van der Waals surface area contributed by atoms with E-state index in [9.17, 15) is 4.79 Å². The van der Waals surface area contributed by atoms with E-state index in [1.165, 1.54) is 5.69 Å². The van der Waals surface area contributed by atoms with Gasteiger partial charge in [0.1, 0.15) is 0 Å². The van der Waals surface area contributed by atoms with E-state index >= 15 is 0 Å². The van der Waals surface area contributed by atoms with Crippen molar-refractivity contribution in [1.29, 1.82) is 0 Å². The number of fused-ring (bicyclic) bond motifs is 1. The molecular weight excluding hydrogens is 190 g/mol. The van der Waals surface area contributed by atoms with Crippen molar-refractivity contribution >= 4 is 5.78 Å². The van der Waals surface area contributed by atoms with E-state index in [2.05, 4.69) is 4.57 Å². The molecule has 1 heterocycles. The summed E-state index contributed by atoms with van der Waals surface area (Å²) in [6.45, 7) is 2.87. The van der Waals surface area contributed by atoms with E-state index in [1.54, 1.807) is 7.11 Å². The smallest absolute Gasteiger partial charge is 0.164 e. The number of nitrogens with zero attached hydrogens (tertiary/aromatic N) is 1. The van der Waals surface area contributed by atoms with Crippen LogP contribution < -0.4 is 0 Å². The van der Waals surface area contributed by atoms with Crippen molar-refractivity contribution in [3.63, 3.8) is 0 Å². The average molecular weight is 207 g/mol. The molecule has 0 aliphatic heterocycles. The van der Waals surface area contributed by atoms with Crippen LogP contribution in [0.25, 0.3) is 0 Å². The second-order valence-corrected chi connectivity index (χ2v) is 4.15. The predicted molar refractivity (Wildman–Crippen MR) is 58.2 cm³/mol. The van der Waals surface area contributed by atoms with Gasteiger partial charge in [0.25, 0.3) is 0 Å². The van der Waals surface area contributed by atoms with Crippen LogP contribution in [0.1, 0.15) is 35.8 Å². The van der Waals surface area contributed by atoms with Gasteiger partial charge in [-0.3, -0.25) is 4.79 Å². The maximum Gasteiger partial charge on any atom is 0.164 e. The standard InChI is InChI=1S/C12H17NO2/c1-9(15-2)8-13-7-6-10-11(13)4-3-5-12(10)14/h6-7,9H,3-5,8H2,1-2H3. The molecule has 0 fully saturated rings. The number of rotatable bonds is 3. The maximum atomic E-state index is 11.6. The zero-order valence-electron chi connectivity index (χ0n) is 9.32. The van der Waals surface area contributed by atoms with Gasteiger partial charge in [-0.2, -0.15) is 0 Å². The SMILES string of the molecule is COC(C)Cn1ccc2c1CCCC2=O. The number of methoxy groups -OCH3 is 1. The van der Waals surface area contributed by atoms with Crippen LogP contribution >= 0.6 is 0 Å². The number of carbonyl (C=O) groups excluding carboxylic acids is 1. The van der Waals surface area contributed by atoms with Gasteiger partial charge in [-0.25, -0.2) is 0 Å². The first kappa shape index (κ1) is 10.4. The summed E-state index contributed by atoms with van der Waals surface area (Å²) in [7, 11) is 1.71. The molecule has 1 aliphatic rings. The quantitative estimate of drug-likeness (QED) is 0.759. The molecule has 0 aromatic carbocycles. The monoisotopic (exact) mass is 207 g/mol. The van der Waals surface area contributed by atoms with Gasteiger partial charge >= 0.3 is 0 Å². The molecule has 0 N–H and O–H groups in total. The summed E-state index contributed by atoms with van der Waals surface area (Å²) in [5.74, 6) is 0.292. The normalized spacial score (nSPS) is 17.6. The summed E-state index contributed by atoms with van der Waals surface area (Å²) in [5, 5.41) is 0. The first-order valence-electron chi connectivity index (χ1n) is 5.46. The van der Waals surface area contributed by atoms with Crippen molar-refractivity contribution < 1.29 is 9.53 Å². The highest BCUT2D eigenvalue weighted by Crippen LogP contribution is 2.22. The highest BCUT2D eigenvalue weighted by atomic mass is 16.5. The summed E-state index contributed by atoms with van der Waals surface area (Å²) < 4.78 is 7.39. The van der Waals surface area contributed by atoms with Gasteiger partial charge in [0.2, 0.25) is 0 Å². The zero-order valence-corrected chi connectivity index (χ0v) is 9.32. The third-order valence-electron chi connectivity index (χ3n) is 3.05. The molecule has 0 amide bonds. The lowest BCUT2D eigenvalue weighted by atomic mass is 9.97. The highest BCUT2D eigenvalue weighted by molar-refractivity contribution is 5.98. The molecule has 1 aromatic heterocycles. The summed E-state index contributed by atoms with van der Waals surface area (Å²) in [5.41, 5.74) is 2.11. The summed E-state index contributed by atoms with van der Waals surface area (Å²) >= 11 is 0. The minimum Gasteiger partial charge on any atom is -0.380 e. The van der Waals surface area contributed by atoms with Gasteiger partial charge in [0, 0.05) is 37.5 Å². The molecule has 1 aromatic rings. The molecule has 1 aliphatic carbocycles. The number of carbonyl (C=O) groups is 1. The minimum atomic E-state index is 0.193. The van der Waals surface area contributed by atoms with Crippen molar-refractivity contribution in [2.45, 2.75) is 38.8 Å². The Bertz CT molecular complexity index is 368. The molecule has 0 radical (unpaired) electrons. The van der Waals surface area contributed by atoms with Gasteiger partial charge in [-0.1, -0.05) is 0 Å². The van der Waals surface area contributed by atoms with Gasteiger partial charge in [0.05, 0.1) is 6.10 Å². The Morgan fingerprint density at radius 3 is 3.07 bits per heavy atom. The van der Waals surface area contributed by atoms with Crippen molar-refractivity contribution in [3.05, 3.63) is 23.5 Å². The third-order valence-corrected chi connectivity index (χ3v) is 3.05. The number of aromatic nitrogens is 1. The first-order chi connectivity index (χ1) is 7.22. The fourth-order valence-corrected chi connectivity index (χ4v) is 2.11. The number of Topliss-reactive ketones (excluding diaryl/α,β-unsaturated/α-hetero) is 1. The van der Waals surface area contributed by atoms with Crippen LogP contribution in [0.3, 0.4) is 0 Å². The van der Waals surface area contributed by atoms with E-state index in [4.69, 9.17) is 4.74 Å². The van der Waals surface area contributed by atoms with Crippen LogP contribution in [0.15, 0.2) is 12.3 Å². The van der Waals surface area contributed by atoms with E-state index in [-0.39, 0.29) is 6.10 Å². The van der Waals surface area contributed by atoms with Gasteiger partial charge in [0.15, 0.2) is 5.78 Å². The zero-order chi connectivity index (χ0) is 10.8. The lowest BCUT2D eigenvalue weighted by Gasteiger charge is -2.17. The molecule has 1 atom stereocenters. The van der Waals surface area contributed by atoms with Crippen molar-refractivity contribution in [2.24, 2.45) is 0 Å². The number of hydrogen-bond donors (Lipinski definition) is 0. The molecule has 82 valence electrons. The molecule has 3 nitrogen and oxygen atoms in total. The molecule has 0 saturated carbocycles. The molecule has 0 bridgehead atoms. The average Bonchev–Trinajstić information content (AvgIpc) is 2.63. The second-order valence-electron chi connectivity index (χ2n) is 4.15. The maximum absolute atomic E-state index is 11.6. The van der Waals surface area contributed by atoms with Crippen molar-refractivity contribution in [3.8, 4) is 0 Å². The largest absolute Gasteiger partial charge is 0.380 e. The second kappa shape index (κ2) is 4.19. The Kier molecular flexibility index (Phi) is 2.91. The molecule has 3 heteroatoms. The fraction of sp³-hybridized carbons (Fsp3) is 0.583. The lowest BCUT2D eigenvalue weighted by Crippen LogP contribution is -2.18. The van der Waals surface area contributed by atoms with Crippen LogP contribution in [0, 0.1) is 0 Å². The number of ether oxygens (including phenoxy) is 1. The van der Waals surface area contributed by atoms with Crippen LogP contribution in [0.5, 0.6) is 0 Å². The van der Waals surface area contributed by atoms with Crippen LogP contribution in [-0.2, 0) is 17.7 Å². The topological polar surface area (TPSA) is 31.2 Å². The number of hydrogen-bond acceptors (Lipinski definition) is 2. The summed E-state index contributed by atoms with van der Waals surface area (Å²) in [6, 6.07) is 1.94. The summed E-state index contributed by atoms with van der Waals surface area (Å²) in [6.07, 6.45) is 4.90. The number of ketones is 1. The molecule has 2 rings (SSSR count). The van der Waals surface area contributed by atoms with E-state index in [0.717, 1.165) is 24.9 Å². The molecule has 1 unspecified atom stereocenters. The van der Waals surface area contributed by atoms with Crippen LogP contribution in [0.4, 0.5) is 0 Å². The Morgan fingerprint density at radius 2 is 2.33 bits per heavy atom. The molecular formula is C12H17NO2. The van der Waals surface area contributed by atoms with Gasteiger partial charge < -0.3 is 9.30 Å². The van der Waals surface area contributed by atoms with Crippen molar-refractivity contribution in [1.82, 2.24) is 4.57 Å². The summed E-state index contributed by atoms with van der Waals surface area (Å²) in [4.78, 5) is 11.6. The minimum absolute atomic E-state index is 0.193. The Labute approximate surface area is 90.0 Å². The predicted octanol–water partition coefficient (Wildman–Crippen LogP) is 2.04. The molecule has 0 saturated heterocycles. The highest BCUT2D eigenvalue weighted by Gasteiger charge is 2.20. The van der Waals surface area contributed by atoms with Gasteiger partial charge in [-0.15, -0.1) is 0 Å². The van der Waals surface area contributed by atoms with Gasteiger partial charge in [-0.05, 0) is 25.8 Å². The van der Waals surface area contributed by atoms with Crippen LogP contribution in [0.2, 0.25) is 0 Å². The lowest BCUT2D eigenvalue weighted by molar-refractivity contribution is 0.0960. The van der Waals surface area contributed by atoms with Crippen LogP contribution in [-0.4, -0.2) is 23.6 Å². The Hall–Kier alpha value is -1.09. The Morgan fingerprint density at radius 1 is 1.53 bits per heavy atom. The fourth-order valence-electron chi connectivity index (χ4n) is 2.11. The molecule has 15 heavy (non-hydrogen) atoms. The van der Waals surface area contributed by atoms with E-state index in [0.29, 0.717) is 12.2 Å². The van der Waals surface area contributed by atoms with E-state index < -0.39 is 0 Å².